The quantitative estimate of drug-likeness (QED) is 0.270. The van der Waals surface area contributed by atoms with E-state index in [0.29, 0.717) is 27.9 Å². The number of thiazole rings is 1. The zero-order valence-electron chi connectivity index (χ0n) is 16.3. The molecule has 4 aromatic rings. The lowest BCUT2D eigenvalue weighted by Crippen LogP contribution is -2.34. The maximum Gasteiger partial charge on any atom is 0.283 e. The van der Waals surface area contributed by atoms with Crippen molar-refractivity contribution in [2.45, 2.75) is 13.5 Å². The van der Waals surface area contributed by atoms with Crippen LogP contribution in [0.1, 0.15) is 43.8 Å². The van der Waals surface area contributed by atoms with Crippen LogP contribution < -0.4 is 9.99 Å². The van der Waals surface area contributed by atoms with Crippen molar-refractivity contribution in [1.82, 2.24) is 0 Å². The summed E-state index contributed by atoms with van der Waals surface area (Å²) in [6.07, 6.45) is 1.76. The molecular weight excluding hydrogens is 394 g/mol. The van der Waals surface area contributed by atoms with E-state index in [9.17, 15) is 9.59 Å². The van der Waals surface area contributed by atoms with Crippen molar-refractivity contribution in [2.75, 3.05) is 5.43 Å². The fourth-order valence-electron chi connectivity index (χ4n) is 3.87. The summed E-state index contributed by atoms with van der Waals surface area (Å²) in [5.74, 6) is -0.301. The predicted octanol–water partition coefficient (Wildman–Crippen LogP) is 4.43. The van der Waals surface area contributed by atoms with Crippen LogP contribution in [0.4, 0.5) is 5.69 Å². The van der Waals surface area contributed by atoms with E-state index in [1.807, 2.05) is 12.1 Å². The first kappa shape index (κ1) is 18.4. The summed E-state index contributed by atoms with van der Waals surface area (Å²) >= 11 is 1.66. The third-order valence-corrected chi connectivity index (χ3v) is 6.37. The molecule has 5 rings (SSSR count). The zero-order chi connectivity index (χ0) is 20.7. The van der Waals surface area contributed by atoms with Gasteiger partial charge in [0.15, 0.2) is 11.6 Å². The molecule has 0 spiro atoms. The van der Waals surface area contributed by atoms with Gasteiger partial charge in [0.05, 0.1) is 11.3 Å². The molecule has 0 atom stereocenters. The minimum atomic E-state index is -0.163. The molecule has 0 saturated carbocycles. The maximum absolute atomic E-state index is 13.1. The number of hydrogen-bond donors (Lipinski definition) is 1. The lowest BCUT2D eigenvalue weighted by atomic mass is 9.83. The van der Waals surface area contributed by atoms with E-state index < -0.39 is 0 Å². The van der Waals surface area contributed by atoms with Crippen molar-refractivity contribution < 1.29 is 14.2 Å². The minimum Gasteiger partial charge on any atom is -0.289 e. The van der Waals surface area contributed by atoms with Crippen molar-refractivity contribution in [3.8, 4) is 0 Å². The Morgan fingerprint density at radius 2 is 1.60 bits per heavy atom. The van der Waals surface area contributed by atoms with Gasteiger partial charge in [-0.15, -0.1) is 0 Å². The number of carbonyl (C=O) groups excluding carboxylic acids is 2. The lowest BCUT2D eigenvalue weighted by molar-refractivity contribution is -0.664. The van der Waals surface area contributed by atoms with Gasteiger partial charge < -0.3 is 0 Å². The third kappa shape index (κ3) is 2.84. The Labute approximate surface area is 177 Å². The number of benzene rings is 3. The molecule has 30 heavy (non-hydrogen) atoms. The zero-order valence-corrected chi connectivity index (χ0v) is 17.1. The summed E-state index contributed by atoms with van der Waals surface area (Å²) in [5, 5.41) is 5.39. The lowest BCUT2D eigenvalue weighted by Gasteiger charge is -2.19. The molecule has 0 fully saturated rings. The Balaban J connectivity index is 1.51. The molecule has 0 radical (unpaired) electrons. The van der Waals surface area contributed by atoms with Crippen LogP contribution in [0.5, 0.6) is 0 Å². The van der Waals surface area contributed by atoms with E-state index in [-0.39, 0.29) is 11.6 Å². The van der Waals surface area contributed by atoms with Crippen LogP contribution in [0, 0.1) is 0 Å². The number of hydrazone groups is 1. The van der Waals surface area contributed by atoms with Crippen molar-refractivity contribution >= 4 is 45.0 Å². The number of ketones is 2. The second-order valence-electron chi connectivity index (χ2n) is 6.95. The number of hydrogen-bond acceptors (Lipinski definition) is 5. The van der Waals surface area contributed by atoms with Crippen molar-refractivity contribution in [3.05, 3.63) is 94.0 Å². The number of rotatable bonds is 4. The van der Waals surface area contributed by atoms with E-state index >= 15 is 0 Å². The van der Waals surface area contributed by atoms with Gasteiger partial charge in [-0.3, -0.25) is 15.0 Å². The average molecular weight is 412 g/mol. The molecular formula is C24H18N3O2S+. The van der Waals surface area contributed by atoms with Crippen LogP contribution in [0.3, 0.4) is 0 Å². The average Bonchev–Trinajstić information content (AvgIpc) is 3.14. The summed E-state index contributed by atoms with van der Waals surface area (Å²) in [5.41, 5.74) is 6.35. The molecule has 1 heterocycles. The molecule has 1 N–H and O–H groups in total. The highest BCUT2D eigenvalue weighted by Crippen LogP contribution is 2.32. The van der Waals surface area contributed by atoms with E-state index in [1.54, 1.807) is 60.0 Å². The highest BCUT2D eigenvalue weighted by Gasteiger charge is 2.31. The number of nitrogens with one attached hydrogen (secondary N) is 1. The molecule has 5 nitrogen and oxygen atoms in total. The van der Waals surface area contributed by atoms with E-state index in [4.69, 9.17) is 0 Å². The third-order valence-electron chi connectivity index (χ3n) is 5.27. The number of aryl methyl sites for hydroxylation is 1. The minimum absolute atomic E-state index is 0.138. The number of aromatic nitrogens is 1. The van der Waals surface area contributed by atoms with Crippen LogP contribution in [-0.2, 0) is 6.54 Å². The fraction of sp³-hybridized carbons (Fsp3) is 0.0833. The van der Waals surface area contributed by atoms with E-state index in [1.165, 1.54) is 10.2 Å². The summed E-state index contributed by atoms with van der Waals surface area (Å²) in [6.45, 7) is 2.93. The Bertz CT molecular complexity index is 1350. The van der Waals surface area contributed by atoms with E-state index in [2.05, 4.69) is 34.2 Å². The van der Waals surface area contributed by atoms with Crippen molar-refractivity contribution in [1.29, 1.82) is 0 Å². The standard InChI is InChI=1S/C24H17N3O2S/c1-2-27-19-12-5-6-13-20(19)30-21(27)14-25-26-18-11-7-10-17-22(18)24(29)16-9-4-3-8-15(16)23(17)28/h3-14H,2H2,1H3/p+1. The van der Waals surface area contributed by atoms with Crippen LogP contribution in [0.25, 0.3) is 10.2 Å². The first-order valence-corrected chi connectivity index (χ1v) is 10.5. The van der Waals surface area contributed by atoms with Gasteiger partial charge in [-0.1, -0.05) is 59.9 Å². The number of nitrogens with zero attached hydrogens (tertiary/aromatic N) is 2. The van der Waals surface area contributed by atoms with Crippen molar-refractivity contribution in [2.24, 2.45) is 5.10 Å². The number of fused-ring (bicyclic) bond motifs is 3. The van der Waals surface area contributed by atoms with Gasteiger partial charge in [0.1, 0.15) is 17.5 Å². The fourth-order valence-corrected chi connectivity index (χ4v) is 4.97. The SMILES string of the molecule is CC[n+]1c(C=NNc2cccc3c2C(=O)c2ccccc2C3=O)sc2ccccc21. The first-order chi connectivity index (χ1) is 14.7. The Kier molecular flexibility index (Phi) is 4.48. The van der Waals surface area contributed by atoms with Crippen LogP contribution in [-0.4, -0.2) is 17.8 Å². The molecule has 0 aliphatic heterocycles. The van der Waals surface area contributed by atoms with Gasteiger partial charge in [0.2, 0.25) is 5.52 Å². The highest BCUT2D eigenvalue weighted by molar-refractivity contribution is 7.19. The second kappa shape index (κ2) is 7.31. The largest absolute Gasteiger partial charge is 0.289 e. The van der Waals surface area contributed by atoms with Gasteiger partial charge in [0.25, 0.3) is 5.01 Å². The molecule has 0 saturated heterocycles. The van der Waals surface area contributed by atoms with Crippen molar-refractivity contribution in [3.63, 3.8) is 0 Å². The highest BCUT2D eigenvalue weighted by atomic mass is 32.1. The molecule has 0 bridgehead atoms. The molecule has 0 amide bonds. The Morgan fingerprint density at radius 3 is 2.40 bits per heavy atom. The predicted molar refractivity (Wildman–Crippen MR) is 119 cm³/mol. The second-order valence-corrected chi connectivity index (χ2v) is 8.02. The number of anilines is 1. The molecule has 146 valence electrons. The monoisotopic (exact) mass is 412 g/mol. The molecule has 3 aromatic carbocycles. The number of carbonyl (C=O) groups is 2. The maximum atomic E-state index is 13.1. The first-order valence-electron chi connectivity index (χ1n) is 9.71. The van der Waals surface area contributed by atoms with Gasteiger partial charge >= 0.3 is 0 Å². The Morgan fingerprint density at radius 1 is 0.900 bits per heavy atom. The van der Waals surface area contributed by atoms with Crippen LogP contribution in [0.15, 0.2) is 71.8 Å². The summed E-state index contributed by atoms with van der Waals surface area (Å²) in [6, 6.07) is 20.4. The molecule has 1 aromatic heterocycles. The summed E-state index contributed by atoms with van der Waals surface area (Å²) < 4.78 is 3.38. The van der Waals surface area contributed by atoms with Crippen LogP contribution >= 0.6 is 11.3 Å². The molecule has 6 heteroatoms. The molecule has 0 unspecified atom stereocenters. The van der Waals surface area contributed by atoms with Gasteiger partial charge in [-0.2, -0.15) is 9.67 Å². The van der Waals surface area contributed by atoms with Gasteiger partial charge in [-0.25, -0.2) is 0 Å². The normalized spacial score (nSPS) is 13.0. The van der Waals surface area contributed by atoms with Gasteiger partial charge in [-0.05, 0) is 19.1 Å². The van der Waals surface area contributed by atoms with E-state index in [0.717, 1.165) is 11.6 Å². The topological polar surface area (TPSA) is 62.4 Å². The smallest absolute Gasteiger partial charge is 0.283 e. The Hall–Kier alpha value is -3.64. The van der Waals surface area contributed by atoms with Gasteiger partial charge in [0, 0.05) is 22.8 Å². The summed E-state index contributed by atoms with van der Waals surface area (Å²) in [7, 11) is 0. The summed E-state index contributed by atoms with van der Waals surface area (Å²) in [4.78, 5) is 25.9. The van der Waals surface area contributed by atoms with Crippen LogP contribution in [0.2, 0.25) is 0 Å². The molecule has 1 aliphatic carbocycles. The number of para-hydroxylation sites is 1. The molecule has 1 aliphatic rings.